The summed E-state index contributed by atoms with van der Waals surface area (Å²) in [5.41, 5.74) is 0.339. The maximum Gasteiger partial charge on any atom is 0.187 e. The number of ether oxygens (including phenoxy) is 6. The van der Waals surface area contributed by atoms with Crippen LogP contribution in [0.2, 0.25) is 0 Å². The summed E-state index contributed by atoms with van der Waals surface area (Å²) in [5, 5.41) is 120. The summed E-state index contributed by atoms with van der Waals surface area (Å²) < 4.78 is 35.5. The van der Waals surface area contributed by atoms with Gasteiger partial charge < -0.3 is 84.6 Å². The summed E-state index contributed by atoms with van der Waals surface area (Å²) in [4.78, 5) is 0. The molecule has 8 rings (SSSR count). The first-order chi connectivity index (χ1) is 30.0. The van der Waals surface area contributed by atoms with Crippen molar-refractivity contribution in [2.45, 2.75) is 198 Å². The molecule has 0 bridgehead atoms. The molecule has 366 valence electrons. The Bertz CT molecular complexity index is 1760. The molecule has 0 radical (unpaired) electrons. The number of aliphatic hydroxyl groups excluding tert-OH is 11. The topological polar surface area (TPSA) is 278 Å². The van der Waals surface area contributed by atoms with Crippen LogP contribution in [-0.4, -0.2) is 181 Å². The van der Waals surface area contributed by atoms with Crippen LogP contribution in [0.4, 0.5) is 0 Å². The van der Waals surface area contributed by atoms with E-state index in [9.17, 15) is 56.2 Å². The first kappa shape index (κ1) is 49.2. The van der Waals surface area contributed by atoms with Crippen LogP contribution >= 0.6 is 0 Å². The van der Waals surface area contributed by atoms with Gasteiger partial charge in [0.2, 0.25) is 0 Å². The van der Waals surface area contributed by atoms with Gasteiger partial charge in [0.05, 0.1) is 44.7 Å². The fourth-order valence-electron chi connectivity index (χ4n) is 14.2. The van der Waals surface area contributed by atoms with E-state index in [-0.39, 0.29) is 46.7 Å². The number of rotatable bonds is 9. The molecule has 0 spiro atoms. The maximum absolute atomic E-state index is 12.1. The number of hydrogen-bond donors (Lipinski definition) is 11. The average molecular weight is 913 g/mol. The van der Waals surface area contributed by atoms with E-state index in [0.717, 1.165) is 32.1 Å². The van der Waals surface area contributed by atoms with Crippen molar-refractivity contribution < 1.29 is 84.6 Å². The highest BCUT2D eigenvalue weighted by molar-refractivity contribution is 5.46. The summed E-state index contributed by atoms with van der Waals surface area (Å²) >= 11 is 0. The Balaban J connectivity index is 0.998. The summed E-state index contributed by atoms with van der Waals surface area (Å²) in [6.45, 7) is 13.7. The molecule has 0 amide bonds. The quantitative estimate of drug-likeness (QED) is 0.137. The van der Waals surface area contributed by atoms with Crippen molar-refractivity contribution in [2.75, 3.05) is 26.4 Å². The molecular formula is C47H76O17. The lowest BCUT2D eigenvalue weighted by Gasteiger charge is -2.69. The molecule has 5 aliphatic carbocycles. The Labute approximate surface area is 376 Å². The van der Waals surface area contributed by atoms with Crippen molar-refractivity contribution in [3.05, 3.63) is 23.3 Å². The van der Waals surface area contributed by atoms with Crippen molar-refractivity contribution in [1.82, 2.24) is 0 Å². The van der Waals surface area contributed by atoms with Gasteiger partial charge in [-0.2, -0.15) is 0 Å². The second-order valence-corrected chi connectivity index (χ2v) is 22.6. The van der Waals surface area contributed by atoms with Crippen molar-refractivity contribution in [3.8, 4) is 0 Å². The van der Waals surface area contributed by atoms with Gasteiger partial charge in [0.25, 0.3) is 0 Å². The van der Waals surface area contributed by atoms with Crippen LogP contribution in [-0.2, 0) is 28.4 Å². The zero-order valence-corrected chi connectivity index (χ0v) is 38.4. The summed E-state index contributed by atoms with van der Waals surface area (Å²) in [5.74, 6) is 0.00355. The second-order valence-electron chi connectivity index (χ2n) is 22.6. The van der Waals surface area contributed by atoms with Gasteiger partial charge in [0.1, 0.15) is 61.0 Å². The second kappa shape index (κ2) is 17.3. The third-order valence-corrected chi connectivity index (χ3v) is 18.6. The summed E-state index contributed by atoms with van der Waals surface area (Å²) in [7, 11) is 0. The number of hydrogen-bond acceptors (Lipinski definition) is 17. The molecule has 0 unspecified atom stereocenters. The molecule has 17 heteroatoms. The molecule has 3 saturated heterocycles. The normalized spacial score (nSPS) is 55.0. The van der Waals surface area contributed by atoms with E-state index in [1.807, 2.05) is 6.92 Å². The van der Waals surface area contributed by atoms with E-state index in [2.05, 4.69) is 46.8 Å². The van der Waals surface area contributed by atoms with Crippen LogP contribution in [0.1, 0.15) is 99.8 Å². The van der Waals surface area contributed by atoms with Crippen LogP contribution in [0.15, 0.2) is 23.3 Å². The lowest BCUT2D eigenvalue weighted by molar-refractivity contribution is -0.378. The third kappa shape index (κ3) is 7.45. The average Bonchev–Trinajstić information content (AvgIpc) is 3.24. The lowest BCUT2D eigenvalue weighted by Crippen LogP contribution is -2.66. The van der Waals surface area contributed by atoms with Crippen LogP contribution in [0.25, 0.3) is 0 Å². The van der Waals surface area contributed by atoms with Crippen LogP contribution in [0.3, 0.4) is 0 Å². The SMILES string of the molecule is C[C@H]1O[C@@H](O[C@H]2CC[C@]3(C)C4=CC=C5[C@@H]6CC(C)(C)CC[C@]6(CO)[C@@H](O)C[C@@]5(C)[C@]4(C)CC[C@H]3[C@]2(C)CO)[C@H](O)[C@@H](O[C@@H]2O[C@H](CO)[C@@H](O[C@H]3OC[C@H](O)[C@@H](O)[C@@H]3O)[C@H](O)[C@H]2O)[C@H]1O. The zero-order chi connectivity index (χ0) is 46.7. The molecule has 64 heavy (non-hydrogen) atoms. The Morgan fingerprint density at radius 3 is 1.98 bits per heavy atom. The predicted molar refractivity (Wildman–Crippen MR) is 225 cm³/mol. The van der Waals surface area contributed by atoms with Gasteiger partial charge in [0, 0.05) is 16.2 Å². The van der Waals surface area contributed by atoms with Crippen molar-refractivity contribution in [2.24, 2.45) is 44.3 Å². The summed E-state index contributed by atoms with van der Waals surface area (Å²) in [6, 6.07) is 0. The zero-order valence-electron chi connectivity index (χ0n) is 38.4. The van der Waals surface area contributed by atoms with Crippen LogP contribution in [0.5, 0.6) is 0 Å². The first-order valence-corrected chi connectivity index (χ1v) is 23.6. The minimum Gasteiger partial charge on any atom is -0.396 e. The number of fused-ring (bicyclic) bond motifs is 7. The van der Waals surface area contributed by atoms with Crippen molar-refractivity contribution in [1.29, 1.82) is 0 Å². The van der Waals surface area contributed by atoms with Gasteiger partial charge in [-0.3, -0.25) is 0 Å². The van der Waals surface area contributed by atoms with E-state index in [4.69, 9.17) is 28.4 Å². The van der Waals surface area contributed by atoms with Gasteiger partial charge in [-0.1, -0.05) is 64.8 Å². The van der Waals surface area contributed by atoms with Crippen molar-refractivity contribution >= 4 is 0 Å². The smallest absolute Gasteiger partial charge is 0.187 e. The third-order valence-electron chi connectivity index (χ3n) is 18.6. The number of allylic oxidation sites excluding steroid dienone is 4. The molecule has 3 aliphatic heterocycles. The maximum atomic E-state index is 12.1. The summed E-state index contributed by atoms with van der Waals surface area (Å²) in [6.07, 6.45) is -12.1. The minimum atomic E-state index is -1.86. The number of aliphatic hydroxyl groups is 11. The highest BCUT2D eigenvalue weighted by Crippen LogP contribution is 2.74. The molecular weight excluding hydrogens is 837 g/mol. The van der Waals surface area contributed by atoms with Gasteiger partial charge in [-0.25, -0.2) is 0 Å². The molecule has 8 aliphatic rings. The monoisotopic (exact) mass is 913 g/mol. The lowest BCUT2D eigenvalue weighted by atomic mass is 9.35. The highest BCUT2D eigenvalue weighted by Gasteiger charge is 2.69. The molecule has 4 saturated carbocycles. The molecule has 0 aromatic heterocycles. The largest absolute Gasteiger partial charge is 0.396 e. The van der Waals surface area contributed by atoms with E-state index < -0.39 is 122 Å². The molecule has 7 fully saturated rings. The molecule has 17 nitrogen and oxygen atoms in total. The Kier molecular flexibility index (Phi) is 13.3. The van der Waals surface area contributed by atoms with E-state index in [1.54, 1.807) is 6.92 Å². The Morgan fingerprint density at radius 2 is 1.31 bits per heavy atom. The van der Waals surface area contributed by atoms with Crippen LogP contribution in [0, 0.1) is 44.3 Å². The molecule has 23 atom stereocenters. The van der Waals surface area contributed by atoms with Crippen LogP contribution < -0.4 is 0 Å². The fourth-order valence-corrected chi connectivity index (χ4v) is 14.2. The fraction of sp³-hybridized carbons (Fsp3) is 0.915. The van der Waals surface area contributed by atoms with E-state index in [1.165, 1.54) is 11.1 Å². The van der Waals surface area contributed by atoms with Gasteiger partial charge in [-0.15, -0.1) is 0 Å². The standard InChI is InChI=1S/C47H76O17/c1-22-31(53)38(64-40-35(57)33(55)37(26(18-48)61-40)63-39-34(56)32(54)25(51)19-59-39)36(58)41(60-22)62-30-11-12-43(4)27(44(30,5)20-49)10-13-45(6)28(43)9-8-23-24-16-42(2,3)14-15-47(24,21-50)29(52)17-46(23,45)7/h8-9,22,24-27,29-41,48-58H,10-21H2,1-7H3/t22-,24+,25+,26-,27-,29+,30+,31+,32-,33-,34+,35-,36-,37-,38+,39-,40+,41+,43+,44+,45-,46-,47-/m1/s1. The molecule has 0 aromatic rings. The molecule has 11 N–H and O–H groups in total. The highest BCUT2D eigenvalue weighted by atomic mass is 16.8. The van der Waals surface area contributed by atoms with Crippen molar-refractivity contribution in [3.63, 3.8) is 0 Å². The molecule has 3 heterocycles. The van der Waals surface area contributed by atoms with Gasteiger partial charge in [-0.05, 0) is 86.4 Å². The van der Waals surface area contributed by atoms with Gasteiger partial charge in [0.15, 0.2) is 18.9 Å². The Morgan fingerprint density at radius 1 is 0.641 bits per heavy atom. The van der Waals surface area contributed by atoms with E-state index in [0.29, 0.717) is 19.3 Å². The molecule has 0 aromatic carbocycles. The van der Waals surface area contributed by atoms with Gasteiger partial charge >= 0.3 is 0 Å². The minimum absolute atomic E-state index is 0.0430. The predicted octanol–water partition coefficient (Wildman–Crippen LogP) is 0.144. The Hall–Kier alpha value is -1.20. The first-order valence-electron chi connectivity index (χ1n) is 23.6. The van der Waals surface area contributed by atoms with E-state index >= 15 is 0 Å².